The van der Waals surface area contributed by atoms with E-state index in [9.17, 15) is 0 Å². The Kier molecular flexibility index (Phi) is 9.32. The first-order chi connectivity index (χ1) is 16.3. The lowest BCUT2D eigenvalue weighted by atomic mass is 9.64. The smallest absolute Gasteiger partial charge is 0.0562 e. The predicted octanol–water partition coefficient (Wildman–Crippen LogP) is 7.44. The highest BCUT2D eigenvalue weighted by atomic mass is 14.8. The summed E-state index contributed by atoms with van der Waals surface area (Å²) in [5.41, 5.74) is 2.79. The van der Waals surface area contributed by atoms with Crippen molar-refractivity contribution < 1.29 is 0 Å². The molecule has 5 atom stereocenters. The van der Waals surface area contributed by atoms with Crippen molar-refractivity contribution in [1.82, 2.24) is 0 Å². The van der Waals surface area contributed by atoms with Crippen LogP contribution in [0.5, 0.6) is 0 Å². The molecular formula is C30H45N3. The molecule has 0 N–H and O–H groups in total. The number of rotatable bonds is 7. The van der Waals surface area contributed by atoms with E-state index in [0.29, 0.717) is 29.7 Å². The van der Waals surface area contributed by atoms with Crippen LogP contribution < -0.4 is 0 Å². The van der Waals surface area contributed by atoms with Crippen LogP contribution in [0.25, 0.3) is 0 Å². The van der Waals surface area contributed by atoms with E-state index in [1.54, 1.807) is 5.71 Å². The van der Waals surface area contributed by atoms with E-state index in [-0.39, 0.29) is 0 Å². The Morgan fingerprint density at radius 2 is 1.61 bits per heavy atom. The predicted molar refractivity (Wildman–Crippen MR) is 143 cm³/mol. The molecule has 33 heavy (non-hydrogen) atoms. The van der Waals surface area contributed by atoms with E-state index in [0.717, 1.165) is 5.92 Å². The molecule has 0 aliphatic heterocycles. The van der Waals surface area contributed by atoms with Crippen LogP contribution in [0.15, 0.2) is 45.3 Å². The largest absolute Gasteiger partial charge is 0.301 e. The molecule has 0 radical (unpaired) electrons. The molecule has 3 saturated carbocycles. The quantitative estimate of drug-likeness (QED) is 0.390. The second-order valence-corrected chi connectivity index (χ2v) is 10.8. The minimum absolute atomic E-state index is 0.406. The van der Waals surface area contributed by atoms with Gasteiger partial charge < -0.3 is 4.99 Å². The van der Waals surface area contributed by atoms with Crippen LogP contribution in [0.1, 0.15) is 89.0 Å². The van der Waals surface area contributed by atoms with Gasteiger partial charge in [-0.1, -0.05) is 68.9 Å². The van der Waals surface area contributed by atoms with Crippen molar-refractivity contribution in [2.24, 2.45) is 44.6 Å². The molecule has 0 heterocycles. The maximum Gasteiger partial charge on any atom is 0.0562 e. The standard InChI is InChI=1S/C30H45N3/c1-31-21-24-14-11-17-26(20-24)30(33-22-23-12-5-3-6-13-23)28-19-10-9-18-27(28)29(32-2)25-15-7-4-8-16-25/h3,5-6,12-13,21-22,24-28,30H,4,7-11,14-20H2,1-2H3. The molecular weight excluding hydrogens is 402 g/mol. The zero-order chi connectivity index (χ0) is 22.9. The van der Waals surface area contributed by atoms with E-state index in [1.807, 2.05) is 7.05 Å². The number of benzene rings is 1. The highest BCUT2D eigenvalue weighted by Gasteiger charge is 2.41. The van der Waals surface area contributed by atoms with Crippen LogP contribution in [0.3, 0.4) is 0 Å². The Morgan fingerprint density at radius 3 is 2.36 bits per heavy atom. The summed E-state index contributed by atoms with van der Waals surface area (Å²) in [5, 5.41) is 0. The fourth-order valence-electron chi connectivity index (χ4n) is 7.20. The summed E-state index contributed by atoms with van der Waals surface area (Å²) >= 11 is 0. The molecule has 180 valence electrons. The number of hydrogen-bond acceptors (Lipinski definition) is 3. The van der Waals surface area contributed by atoms with Gasteiger partial charge in [-0.15, -0.1) is 0 Å². The topological polar surface area (TPSA) is 37.1 Å². The van der Waals surface area contributed by atoms with Gasteiger partial charge in [0.05, 0.1) is 6.04 Å². The molecule has 1 aromatic carbocycles. The van der Waals surface area contributed by atoms with Gasteiger partial charge in [0.25, 0.3) is 0 Å². The Balaban J connectivity index is 1.62. The molecule has 0 aromatic heterocycles. The number of hydrogen-bond donors (Lipinski definition) is 0. The fourth-order valence-corrected chi connectivity index (χ4v) is 7.20. The third-order valence-electron chi connectivity index (χ3n) is 8.71. The van der Waals surface area contributed by atoms with Gasteiger partial charge in [-0.3, -0.25) is 9.98 Å². The van der Waals surface area contributed by atoms with Gasteiger partial charge >= 0.3 is 0 Å². The summed E-state index contributed by atoms with van der Waals surface area (Å²) in [4.78, 5) is 14.8. The molecule has 5 unspecified atom stereocenters. The van der Waals surface area contributed by atoms with Crippen molar-refractivity contribution in [3.05, 3.63) is 35.9 Å². The lowest BCUT2D eigenvalue weighted by Crippen LogP contribution is -2.42. The Morgan fingerprint density at radius 1 is 0.848 bits per heavy atom. The summed E-state index contributed by atoms with van der Waals surface area (Å²) in [6.07, 6.45) is 21.8. The monoisotopic (exact) mass is 447 g/mol. The lowest BCUT2D eigenvalue weighted by Gasteiger charge is -2.43. The summed E-state index contributed by atoms with van der Waals surface area (Å²) in [6.45, 7) is 0. The summed E-state index contributed by atoms with van der Waals surface area (Å²) in [7, 11) is 4.01. The average molecular weight is 448 g/mol. The third kappa shape index (κ3) is 6.43. The van der Waals surface area contributed by atoms with Crippen molar-refractivity contribution >= 4 is 18.1 Å². The molecule has 1 aromatic rings. The molecule has 0 saturated heterocycles. The van der Waals surface area contributed by atoms with Crippen molar-refractivity contribution in [2.75, 3.05) is 14.1 Å². The van der Waals surface area contributed by atoms with E-state index in [4.69, 9.17) is 9.98 Å². The molecule has 3 nitrogen and oxygen atoms in total. The van der Waals surface area contributed by atoms with Crippen LogP contribution in [-0.2, 0) is 0 Å². The van der Waals surface area contributed by atoms with Gasteiger partial charge in [-0.2, -0.15) is 0 Å². The van der Waals surface area contributed by atoms with E-state index in [1.165, 1.54) is 89.0 Å². The van der Waals surface area contributed by atoms with Crippen molar-refractivity contribution in [2.45, 2.75) is 89.5 Å². The Bertz CT molecular complexity index is 790. The molecule has 0 amide bonds. The van der Waals surface area contributed by atoms with Crippen molar-refractivity contribution in [3.8, 4) is 0 Å². The summed E-state index contributed by atoms with van der Waals surface area (Å²) in [5.74, 6) is 3.28. The first-order valence-electron chi connectivity index (χ1n) is 13.8. The van der Waals surface area contributed by atoms with Crippen LogP contribution in [-0.4, -0.2) is 38.3 Å². The first kappa shape index (κ1) is 24.4. The zero-order valence-electron chi connectivity index (χ0n) is 21.0. The SMILES string of the molecule is CN=CC1CCCC(C(N=Cc2ccccc2)C2CCCCC2C(=NC)C2CCCCC2)C1. The highest BCUT2D eigenvalue weighted by molar-refractivity contribution is 5.89. The lowest BCUT2D eigenvalue weighted by molar-refractivity contribution is 0.168. The maximum absolute atomic E-state index is 5.42. The minimum atomic E-state index is 0.406. The van der Waals surface area contributed by atoms with Gasteiger partial charge in [0.1, 0.15) is 0 Å². The van der Waals surface area contributed by atoms with Gasteiger partial charge in [0.15, 0.2) is 0 Å². The fraction of sp³-hybridized carbons (Fsp3) is 0.700. The maximum atomic E-state index is 5.42. The zero-order valence-corrected chi connectivity index (χ0v) is 21.0. The molecule has 3 aliphatic rings. The molecule has 0 bridgehead atoms. The first-order valence-corrected chi connectivity index (χ1v) is 13.8. The van der Waals surface area contributed by atoms with Gasteiger partial charge in [-0.25, -0.2) is 0 Å². The summed E-state index contributed by atoms with van der Waals surface area (Å²) in [6, 6.07) is 11.1. The van der Waals surface area contributed by atoms with Crippen LogP contribution in [0, 0.1) is 29.6 Å². The minimum Gasteiger partial charge on any atom is -0.301 e. The van der Waals surface area contributed by atoms with Crippen molar-refractivity contribution in [1.29, 1.82) is 0 Å². The highest BCUT2D eigenvalue weighted by Crippen LogP contribution is 2.44. The van der Waals surface area contributed by atoms with E-state index < -0.39 is 0 Å². The van der Waals surface area contributed by atoms with Crippen LogP contribution in [0.4, 0.5) is 0 Å². The third-order valence-corrected chi connectivity index (χ3v) is 8.71. The molecule has 3 heteroatoms. The Labute approximate surface area is 202 Å². The van der Waals surface area contributed by atoms with E-state index >= 15 is 0 Å². The average Bonchev–Trinajstić information content (AvgIpc) is 2.87. The second kappa shape index (κ2) is 12.6. The molecule has 0 spiro atoms. The Hall–Kier alpha value is -1.77. The number of nitrogens with zero attached hydrogens (tertiary/aromatic N) is 3. The normalized spacial score (nSPS) is 31.3. The molecule has 3 aliphatic carbocycles. The second-order valence-electron chi connectivity index (χ2n) is 10.8. The van der Waals surface area contributed by atoms with Crippen LogP contribution in [0.2, 0.25) is 0 Å². The van der Waals surface area contributed by atoms with E-state index in [2.05, 4.69) is 54.8 Å². The summed E-state index contributed by atoms with van der Waals surface area (Å²) < 4.78 is 0. The van der Waals surface area contributed by atoms with Gasteiger partial charge in [-0.05, 0) is 74.2 Å². The van der Waals surface area contributed by atoms with Crippen molar-refractivity contribution in [3.63, 3.8) is 0 Å². The number of aliphatic imine (C=N–C) groups is 3. The van der Waals surface area contributed by atoms with Gasteiger partial charge in [0.2, 0.25) is 0 Å². The molecule has 4 rings (SSSR count). The van der Waals surface area contributed by atoms with Gasteiger partial charge in [0, 0.05) is 38.2 Å². The molecule has 3 fully saturated rings. The van der Waals surface area contributed by atoms with Crippen LogP contribution >= 0.6 is 0 Å².